The van der Waals surface area contributed by atoms with Gasteiger partial charge in [-0.1, -0.05) is 28.6 Å². The molecule has 6 nitrogen and oxygen atoms in total. The molecule has 1 N–H and O–H groups in total. The van der Waals surface area contributed by atoms with Gasteiger partial charge in [0.25, 0.3) is 0 Å². The molecule has 1 amide bonds. The van der Waals surface area contributed by atoms with E-state index in [1.807, 2.05) is 31.5 Å². The van der Waals surface area contributed by atoms with Crippen molar-refractivity contribution in [2.45, 2.75) is 31.5 Å². The molecule has 1 aromatic heterocycles. The second-order valence-electron chi connectivity index (χ2n) is 8.04. The zero-order valence-corrected chi connectivity index (χ0v) is 19.7. The van der Waals surface area contributed by atoms with Gasteiger partial charge in [0, 0.05) is 59.2 Å². The maximum Gasteiger partial charge on any atom is 0.239 e. The fourth-order valence-corrected chi connectivity index (χ4v) is 5.49. The number of aromatic nitrogens is 1. The summed E-state index contributed by atoms with van der Waals surface area (Å²) in [5.41, 5.74) is 1.26. The van der Waals surface area contributed by atoms with Crippen molar-refractivity contribution in [1.82, 2.24) is 19.5 Å². The number of fused-ring (bicyclic) bond motifs is 1. The number of pyridine rings is 1. The summed E-state index contributed by atoms with van der Waals surface area (Å²) in [6.07, 6.45) is 11.9. The van der Waals surface area contributed by atoms with E-state index in [0.29, 0.717) is 6.54 Å². The van der Waals surface area contributed by atoms with Crippen LogP contribution in [0.5, 0.6) is 0 Å². The fourth-order valence-electron chi connectivity index (χ4n) is 4.44. The lowest BCUT2D eigenvalue weighted by Crippen LogP contribution is -2.56. The first-order valence-electron chi connectivity index (χ1n) is 10.3. The topological polar surface area (TPSA) is 51.7 Å². The number of rotatable bonds is 5. The molecule has 160 valence electrons. The summed E-state index contributed by atoms with van der Waals surface area (Å²) < 4.78 is 3.00. The molecule has 3 aliphatic heterocycles. The Morgan fingerprint density at radius 1 is 1.33 bits per heavy atom. The second-order valence-corrected chi connectivity index (χ2v) is 10.2. The molecule has 0 aliphatic carbocycles. The van der Waals surface area contributed by atoms with E-state index in [9.17, 15) is 4.79 Å². The monoisotopic (exact) mass is 489 g/mol. The largest absolute Gasteiger partial charge is 0.371 e. The van der Waals surface area contributed by atoms with Crippen molar-refractivity contribution in [2.75, 3.05) is 37.6 Å². The first-order chi connectivity index (χ1) is 14.5. The number of hydrogen-bond acceptors (Lipinski definition) is 6. The van der Waals surface area contributed by atoms with Gasteiger partial charge in [-0.05, 0) is 56.0 Å². The van der Waals surface area contributed by atoms with Gasteiger partial charge in [0.1, 0.15) is 0 Å². The SMILES string of the molecule is C=C(Br)/C=C\C(=C/C)SN1CC(=O)N2CC3(CCN(c4ccncc4)CC3)NC2C1. The zero-order chi connectivity index (χ0) is 21.1. The molecule has 3 aliphatic rings. The molecule has 8 heteroatoms. The number of hydrogen-bond donors (Lipinski definition) is 1. The van der Waals surface area contributed by atoms with Gasteiger partial charge in [-0.2, -0.15) is 0 Å². The molecule has 0 bridgehead atoms. The third-order valence-corrected chi connectivity index (χ3v) is 7.41. The minimum atomic E-state index is 0.0293. The number of piperidine rings is 1. The van der Waals surface area contributed by atoms with Crippen molar-refractivity contribution in [3.8, 4) is 0 Å². The van der Waals surface area contributed by atoms with Gasteiger partial charge >= 0.3 is 0 Å². The van der Waals surface area contributed by atoms with Gasteiger partial charge in [0.15, 0.2) is 0 Å². The minimum Gasteiger partial charge on any atom is -0.371 e. The number of nitrogens with zero attached hydrogens (tertiary/aromatic N) is 4. The second kappa shape index (κ2) is 9.26. The molecular weight excluding hydrogens is 462 g/mol. The Hall–Kier alpha value is -1.61. The summed E-state index contributed by atoms with van der Waals surface area (Å²) in [4.78, 5) is 22.6. The van der Waals surface area contributed by atoms with E-state index < -0.39 is 0 Å². The van der Waals surface area contributed by atoms with Gasteiger partial charge in [-0.15, -0.1) is 0 Å². The van der Waals surface area contributed by atoms with Crippen LogP contribution in [-0.4, -0.2) is 64.5 Å². The van der Waals surface area contributed by atoms with E-state index in [4.69, 9.17) is 0 Å². The van der Waals surface area contributed by atoms with Crippen molar-refractivity contribution in [2.24, 2.45) is 0 Å². The summed E-state index contributed by atoms with van der Waals surface area (Å²) in [7, 11) is 0. The minimum absolute atomic E-state index is 0.0293. The molecule has 4 heterocycles. The quantitative estimate of drug-likeness (QED) is 0.504. The van der Waals surface area contributed by atoms with Crippen LogP contribution in [0.1, 0.15) is 19.8 Å². The highest BCUT2D eigenvalue weighted by Crippen LogP contribution is 2.35. The van der Waals surface area contributed by atoms with E-state index in [1.165, 1.54) is 5.69 Å². The van der Waals surface area contributed by atoms with Gasteiger partial charge in [-0.25, -0.2) is 4.31 Å². The predicted molar refractivity (Wildman–Crippen MR) is 127 cm³/mol. The van der Waals surface area contributed by atoms with Gasteiger partial charge in [0.05, 0.1) is 12.7 Å². The number of piperazine rings is 1. The Labute approximate surface area is 191 Å². The van der Waals surface area contributed by atoms with Crippen LogP contribution in [0.25, 0.3) is 0 Å². The third-order valence-electron chi connectivity index (χ3n) is 6.03. The summed E-state index contributed by atoms with van der Waals surface area (Å²) in [6.45, 7) is 9.93. The lowest BCUT2D eigenvalue weighted by Gasteiger charge is -2.40. The molecule has 4 rings (SSSR count). The summed E-state index contributed by atoms with van der Waals surface area (Å²) in [5.74, 6) is 0.212. The van der Waals surface area contributed by atoms with Crippen LogP contribution in [0.4, 0.5) is 5.69 Å². The van der Waals surface area contributed by atoms with Crippen LogP contribution in [0.15, 0.2) is 58.7 Å². The Balaban J connectivity index is 1.37. The molecule has 0 radical (unpaired) electrons. The zero-order valence-electron chi connectivity index (χ0n) is 17.3. The van der Waals surface area contributed by atoms with Gasteiger partial charge < -0.3 is 9.80 Å². The Kier molecular flexibility index (Phi) is 6.67. The molecule has 1 aromatic rings. The maximum atomic E-state index is 12.9. The van der Waals surface area contributed by atoms with Gasteiger partial charge in [0.2, 0.25) is 5.91 Å². The molecule has 0 saturated carbocycles. The van der Waals surface area contributed by atoms with Crippen molar-refractivity contribution in [3.63, 3.8) is 0 Å². The van der Waals surface area contributed by atoms with Crippen molar-refractivity contribution in [1.29, 1.82) is 0 Å². The molecule has 0 aromatic carbocycles. The van der Waals surface area contributed by atoms with E-state index in [0.717, 1.165) is 48.4 Å². The fraction of sp³-hybridized carbons (Fsp3) is 0.455. The lowest BCUT2D eigenvalue weighted by molar-refractivity contribution is -0.135. The Morgan fingerprint density at radius 3 is 2.73 bits per heavy atom. The molecule has 30 heavy (non-hydrogen) atoms. The van der Waals surface area contributed by atoms with E-state index in [1.54, 1.807) is 11.9 Å². The molecule has 3 saturated heterocycles. The van der Waals surface area contributed by atoms with E-state index >= 15 is 0 Å². The molecule has 3 fully saturated rings. The van der Waals surface area contributed by atoms with Crippen LogP contribution in [-0.2, 0) is 4.79 Å². The number of amides is 1. The normalized spacial score (nSPS) is 24.7. The van der Waals surface area contributed by atoms with Crippen LogP contribution in [0.3, 0.4) is 0 Å². The number of anilines is 1. The average molecular weight is 490 g/mol. The first kappa shape index (κ1) is 21.6. The number of carbonyl (C=O) groups excluding carboxylic acids is 1. The number of allylic oxidation sites excluding steroid dienone is 4. The van der Waals surface area contributed by atoms with Crippen LogP contribution in [0, 0.1) is 0 Å². The average Bonchev–Trinajstić information content (AvgIpc) is 3.10. The lowest BCUT2D eigenvalue weighted by atomic mass is 9.88. The van der Waals surface area contributed by atoms with E-state index in [-0.39, 0.29) is 17.6 Å². The van der Waals surface area contributed by atoms with Crippen molar-refractivity contribution >= 4 is 39.5 Å². The summed E-state index contributed by atoms with van der Waals surface area (Å²) in [6, 6.07) is 4.14. The maximum absolute atomic E-state index is 12.9. The molecule has 1 atom stereocenters. The number of nitrogens with one attached hydrogen (secondary N) is 1. The predicted octanol–water partition coefficient (Wildman–Crippen LogP) is 3.51. The number of halogens is 1. The number of carbonyl (C=O) groups is 1. The highest BCUT2D eigenvalue weighted by Gasteiger charge is 2.49. The molecule has 1 spiro atoms. The van der Waals surface area contributed by atoms with Crippen molar-refractivity contribution in [3.05, 3.63) is 58.7 Å². The Morgan fingerprint density at radius 2 is 2.07 bits per heavy atom. The van der Waals surface area contributed by atoms with Crippen LogP contribution in [0.2, 0.25) is 0 Å². The smallest absolute Gasteiger partial charge is 0.239 e. The van der Waals surface area contributed by atoms with Crippen LogP contribution < -0.4 is 10.2 Å². The van der Waals surface area contributed by atoms with E-state index in [2.05, 4.69) is 65.1 Å². The van der Waals surface area contributed by atoms with Gasteiger partial charge in [-0.3, -0.25) is 15.1 Å². The third kappa shape index (κ3) is 4.82. The van der Waals surface area contributed by atoms with Crippen LogP contribution >= 0.6 is 27.9 Å². The standard InChI is InChI=1S/C22H28BrN5OS/c1-3-19(5-4-17(2)23)30-27-14-20-25-22(16-28(20)21(29)15-27)8-12-26(13-9-22)18-6-10-24-11-7-18/h3-7,10-11,20,25H,2,8-9,12-16H2,1H3/b5-4-,19-3+. The molecular formula is C22H28BrN5OS. The summed E-state index contributed by atoms with van der Waals surface area (Å²) in [5, 5.41) is 3.83. The Bertz CT molecular complexity index is 850. The summed E-state index contributed by atoms with van der Waals surface area (Å²) >= 11 is 4.99. The first-order valence-corrected chi connectivity index (χ1v) is 11.9. The molecule has 1 unspecified atom stereocenters. The highest BCUT2D eigenvalue weighted by molar-refractivity contribution is 9.11. The highest BCUT2D eigenvalue weighted by atomic mass is 79.9. The van der Waals surface area contributed by atoms with Crippen molar-refractivity contribution < 1.29 is 4.79 Å².